The molecule has 0 saturated carbocycles. The molecule has 2 amide bonds. The summed E-state index contributed by atoms with van der Waals surface area (Å²) >= 11 is 0. The summed E-state index contributed by atoms with van der Waals surface area (Å²) in [5.74, 6) is 0.158. The Morgan fingerprint density at radius 1 is 1.37 bits per heavy atom. The fourth-order valence-electron chi connectivity index (χ4n) is 2.21. The summed E-state index contributed by atoms with van der Waals surface area (Å²) in [4.78, 5) is 25.5. The first-order valence-electron chi connectivity index (χ1n) is 6.89. The predicted molar refractivity (Wildman–Crippen MR) is 78.4 cm³/mol. The average molecular weight is 292 g/mol. The van der Waals surface area contributed by atoms with Crippen LogP contribution < -0.4 is 10.6 Å². The first-order valence-corrected chi connectivity index (χ1v) is 6.89. The molecular weight excluding hydrogens is 266 g/mol. The first-order chi connectivity index (χ1) is 8.69. The quantitative estimate of drug-likeness (QED) is 0.711. The van der Waals surface area contributed by atoms with Gasteiger partial charge in [0.2, 0.25) is 11.8 Å². The SMILES string of the molecule is CCCCNC(=O)C1CCCN(C(=O)CNC)C1.Cl. The van der Waals surface area contributed by atoms with E-state index in [-0.39, 0.29) is 30.1 Å². The Kier molecular flexibility index (Phi) is 9.61. The molecule has 112 valence electrons. The maximum atomic E-state index is 11.9. The maximum absolute atomic E-state index is 11.9. The van der Waals surface area contributed by atoms with Crippen molar-refractivity contribution in [1.29, 1.82) is 0 Å². The number of carbonyl (C=O) groups is 2. The van der Waals surface area contributed by atoms with Crippen LogP contribution in [-0.2, 0) is 9.59 Å². The number of likely N-dealkylation sites (tertiary alicyclic amines) is 1. The number of likely N-dealkylation sites (N-methyl/N-ethyl adjacent to an activating group) is 1. The van der Waals surface area contributed by atoms with Gasteiger partial charge in [-0.05, 0) is 26.3 Å². The Labute approximate surface area is 121 Å². The Morgan fingerprint density at radius 2 is 2.11 bits per heavy atom. The van der Waals surface area contributed by atoms with Crippen LogP contribution in [0, 0.1) is 5.92 Å². The van der Waals surface area contributed by atoms with E-state index in [1.165, 1.54) is 0 Å². The highest BCUT2D eigenvalue weighted by molar-refractivity contribution is 5.85. The minimum atomic E-state index is -0.0311. The molecule has 0 aromatic carbocycles. The third-order valence-electron chi connectivity index (χ3n) is 3.30. The van der Waals surface area contributed by atoms with Gasteiger partial charge in [0.25, 0.3) is 0 Å². The minimum absolute atomic E-state index is 0. The van der Waals surface area contributed by atoms with Gasteiger partial charge in [0.15, 0.2) is 0 Å². The van der Waals surface area contributed by atoms with Crippen LogP contribution >= 0.6 is 12.4 Å². The number of halogens is 1. The summed E-state index contributed by atoms with van der Waals surface area (Å²) < 4.78 is 0. The fourth-order valence-corrected chi connectivity index (χ4v) is 2.21. The van der Waals surface area contributed by atoms with Gasteiger partial charge in [0.1, 0.15) is 0 Å². The van der Waals surface area contributed by atoms with Gasteiger partial charge in [0.05, 0.1) is 12.5 Å². The van der Waals surface area contributed by atoms with E-state index in [9.17, 15) is 9.59 Å². The molecule has 1 rings (SSSR count). The number of hydrogen-bond acceptors (Lipinski definition) is 3. The lowest BCUT2D eigenvalue weighted by molar-refractivity contribution is -0.134. The normalized spacial score (nSPS) is 18.6. The largest absolute Gasteiger partial charge is 0.356 e. The lowest BCUT2D eigenvalue weighted by Crippen LogP contribution is -2.47. The monoisotopic (exact) mass is 291 g/mol. The van der Waals surface area contributed by atoms with Crippen molar-refractivity contribution in [2.75, 3.05) is 33.2 Å². The molecule has 5 nitrogen and oxygen atoms in total. The summed E-state index contributed by atoms with van der Waals surface area (Å²) in [5.41, 5.74) is 0. The van der Waals surface area contributed by atoms with E-state index in [0.29, 0.717) is 13.1 Å². The summed E-state index contributed by atoms with van der Waals surface area (Å²) in [6.07, 6.45) is 3.90. The van der Waals surface area contributed by atoms with Crippen molar-refractivity contribution in [3.8, 4) is 0 Å². The second-order valence-electron chi connectivity index (χ2n) is 4.85. The highest BCUT2D eigenvalue weighted by atomic mass is 35.5. The van der Waals surface area contributed by atoms with E-state index >= 15 is 0 Å². The van der Waals surface area contributed by atoms with Gasteiger partial charge in [-0.1, -0.05) is 13.3 Å². The highest BCUT2D eigenvalue weighted by Crippen LogP contribution is 2.16. The van der Waals surface area contributed by atoms with Crippen molar-refractivity contribution in [2.45, 2.75) is 32.6 Å². The molecule has 0 spiro atoms. The molecule has 0 bridgehead atoms. The van der Waals surface area contributed by atoms with Crippen LogP contribution in [0.15, 0.2) is 0 Å². The number of carbonyl (C=O) groups excluding carboxylic acids is 2. The summed E-state index contributed by atoms with van der Waals surface area (Å²) in [5, 5.41) is 5.81. The third-order valence-corrected chi connectivity index (χ3v) is 3.30. The van der Waals surface area contributed by atoms with Gasteiger partial charge in [-0.25, -0.2) is 0 Å². The molecule has 1 aliphatic rings. The Balaban J connectivity index is 0.00000324. The topological polar surface area (TPSA) is 61.4 Å². The Morgan fingerprint density at radius 3 is 2.74 bits per heavy atom. The van der Waals surface area contributed by atoms with Crippen LogP contribution in [-0.4, -0.2) is 49.9 Å². The molecule has 6 heteroatoms. The van der Waals surface area contributed by atoms with Gasteiger partial charge >= 0.3 is 0 Å². The number of unbranched alkanes of at least 4 members (excludes halogenated alkanes) is 1. The van der Waals surface area contributed by atoms with Gasteiger partial charge in [-0.3, -0.25) is 9.59 Å². The molecule has 0 aromatic rings. The van der Waals surface area contributed by atoms with Crippen LogP contribution in [0.4, 0.5) is 0 Å². The van der Waals surface area contributed by atoms with E-state index in [2.05, 4.69) is 17.6 Å². The standard InChI is InChI=1S/C13H25N3O2.ClH/c1-3-4-7-15-13(18)11-6-5-8-16(10-11)12(17)9-14-2;/h11,14H,3-10H2,1-2H3,(H,15,18);1H. The zero-order valence-corrected chi connectivity index (χ0v) is 12.7. The molecule has 1 unspecified atom stereocenters. The molecule has 1 aliphatic heterocycles. The Bertz CT molecular complexity index is 287. The molecule has 1 heterocycles. The molecule has 1 saturated heterocycles. The van der Waals surface area contributed by atoms with Crippen molar-refractivity contribution in [3.63, 3.8) is 0 Å². The molecule has 19 heavy (non-hydrogen) atoms. The summed E-state index contributed by atoms with van der Waals surface area (Å²) in [6, 6.07) is 0. The number of rotatable bonds is 6. The van der Waals surface area contributed by atoms with Crippen LogP contribution in [0.3, 0.4) is 0 Å². The zero-order chi connectivity index (χ0) is 13.4. The van der Waals surface area contributed by atoms with Gasteiger partial charge in [-0.15, -0.1) is 12.4 Å². The highest BCUT2D eigenvalue weighted by Gasteiger charge is 2.27. The average Bonchev–Trinajstić information content (AvgIpc) is 2.39. The Hall–Kier alpha value is -0.810. The lowest BCUT2D eigenvalue weighted by atomic mass is 9.97. The van der Waals surface area contributed by atoms with Crippen LogP contribution in [0.5, 0.6) is 0 Å². The third kappa shape index (κ3) is 6.25. The van der Waals surface area contributed by atoms with Crippen LogP contribution in [0.2, 0.25) is 0 Å². The molecular formula is C13H26ClN3O2. The minimum Gasteiger partial charge on any atom is -0.356 e. The van der Waals surface area contributed by atoms with Crippen molar-refractivity contribution in [1.82, 2.24) is 15.5 Å². The molecule has 2 N–H and O–H groups in total. The van der Waals surface area contributed by atoms with E-state index in [1.54, 1.807) is 11.9 Å². The van der Waals surface area contributed by atoms with E-state index in [0.717, 1.165) is 38.8 Å². The maximum Gasteiger partial charge on any atom is 0.236 e. The van der Waals surface area contributed by atoms with Gasteiger partial charge < -0.3 is 15.5 Å². The lowest BCUT2D eigenvalue weighted by Gasteiger charge is -2.32. The number of hydrogen-bond donors (Lipinski definition) is 2. The second kappa shape index (κ2) is 10.0. The summed E-state index contributed by atoms with van der Waals surface area (Å²) in [7, 11) is 1.76. The van der Waals surface area contributed by atoms with Crippen LogP contribution in [0.1, 0.15) is 32.6 Å². The van der Waals surface area contributed by atoms with Crippen molar-refractivity contribution in [3.05, 3.63) is 0 Å². The van der Waals surface area contributed by atoms with Crippen LogP contribution in [0.25, 0.3) is 0 Å². The molecule has 0 radical (unpaired) electrons. The molecule has 0 aliphatic carbocycles. The second-order valence-corrected chi connectivity index (χ2v) is 4.85. The fraction of sp³-hybridized carbons (Fsp3) is 0.846. The van der Waals surface area contributed by atoms with E-state index in [1.807, 2.05) is 0 Å². The predicted octanol–water partition coefficient (Wildman–Crippen LogP) is 0.782. The van der Waals surface area contributed by atoms with Crippen molar-refractivity contribution >= 4 is 24.2 Å². The first kappa shape index (κ1) is 18.2. The molecule has 1 atom stereocenters. The van der Waals surface area contributed by atoms with Crippen molar-refractivity contribution in [2.24, 2.45) is 5.92 Å². The number of piperidine rings is 1. The van der Waals surface area contributed by atoms with E-state index < -0.39 is 0 Å². The number of nitrogens with zero attached hydrogens (tertiary/aromatic N) is 1. The number of amides is 2. The molecule has 0 aromatic heterocycles. The van der Waals surface area contributed by atoms with E-state index in [4.69, 9.17) is 0 Å². The van der Waals surface area contributed by atoms with Gasteiger partial charge in [-0.2, -0.15) is 0 Å². The zero-order valence-electron chi connectivity index (χ0n) is 11.9. The summed E-state index contributed by atoms with van der Waals surface area (Å²) in [6.45, 7) is 4.54. The number of nitrogens with one attached hydrogen (secondary N) is 2. The smallest absolute Gasteiger partial charge is 0.236 e. The van der Waals surface area contributed by atoms with Crippen molar-refractivity contribution < 1.29 is 9.59 Å². The van der Waals surface area contributed by atoms with Gasteiger partial charge in [0, 0.05) is 19.6 Å². The molecule has 1 fully saturated rings.